The summed E-state index contributed by atoms with van der Waals surface area (Å²) in [5.74, 6) is 2.24. The number of thiazole rings is 2. The number of hydrogen-bond donors (Lipinski definition) is 2. The van der Waals surface area contributed by atoms with Gasteiger partial charge in [0.15, 0.2) is 0 Å². The predicted molar refractivity (Wildman–Crippen MR) is 157 cm³/mol. The van der Waals surface area contributed by atoms with Gasteiger partial charge >= 0.3 is 0 Å². The van der Waals surface area contributed by atoms with Crippen LogP contribution in [0.5, 0.6) is 0 Å². The number of hydrogen-bond acceptors (Lipinski definition) is 10. The summed E-state index contributed by atoms with van der Waals surface area (Å²) in [6.45, 7) is 10.3. The van der Waals surface area contributed by atoms with Crippen LogP contribution in [0.3, 0.4) is 0 Å². The minimum Gasteiger partial charge on any atom is -0.354 e. The molecule has 0 spiro atoms. The molecule has 1 aromatic carbocycles. The fraction of sp³-hybridized carbons (Fsp3) is 0.286. The van der Waals surface area contributed by atoms with Gasteiger partial charge in [0.05, 0.1) is 43.6 Å². The first-order valence-electron chi connectivity index (χ1n) is 12.6. The molecule has 0 saturated carbocycles. The Hall–Kier alpha value is -3.76. The SMILES string of the molecule is CC(C)CNc1nccc(-c2scnc2-c2ccccc2-c2ncsc2-c2ccnc(NCC(C)C)n2)n1. The molecule has 0 aliphatic carbocycles. The Kier molecular flexibility index (Phi) is 8.00. The van der Waals surface area contributed by atoms with Crippen molar-refractivity contribution in [1.29, 1.82) is 0 Å². The normalized spacial score (nSPS) is 11.3. The van der Waals surface area contributed by atoms with Crippen LogP contribution in [-0.4, -0.2) is 43.0 Å². The van der Waals surface area contributed by atoms with E-state index in [2.05, 4.69) is 60.4 Å². The molecule has 8 nitrogen and oxygen atoms in total. The van der Waals surface area contributed by atoms with Gasteiger partial charge in [0.2, 0.25) is 11.9 Å². The maximum Gasteiger partial charge on any atom is 0.223 e. The van der Waals surface area contributed by atoms with E-state index in [9.17, 15) is 0 Å². The van der Waals surface area contributed by atoms with E-state index in [1.165, 1.54) is 0 Å². The minimum atomic E-state index is 0.498. The van der Waals surface area contributed by atoms with Crippen LogP contribution in [0.1, 0.15) is 27.7 Å². The third kappa shape index (κ3) is 5.87. The Morgan fingerprint density at radius 3 is 1.50 bits per heavy atom. The van der Waals surface area contributed by atoms with E-state index >= 15 is 0 Å². The zero-order chi connectivity index (χ0) is 26.5. The van der Waals surface area contributed by atoms with E-state index < -0.39 is 0 Å². The van der Waals surface area contributed by atoms with Crippen molar-refractivity contribution in [1.82, 2.24) is 29.9 Å². The Bertz CT molecular complexity index is 1400. The summed E-state index contributed by atoms with van der Waals surface area (Å²) >= 11 is 3.14. The summed E-state index contributed by atoms with van der Waals surface area (Å²) in [6, 6.07) is 12.1. The summed E-state index contributed by atoms with van der Waals surface area (Å²) < 4.78 is 0. The van der Waals surface area contributed by atoms with E-state index in [4.69, 9.17) is 19.9 Å². The van der Waals surface area contributed by atoms with Crippen LogP contribution < -0.4 is 10.6 Å². The van der Waals surface area contributed by atoms with Crippen molar-refractivity contribution in [3.05, 3.63) is 59.8 Å². The lowest BCUT2D eigenvalue weighted by Gasteiger charge is -2.11. The lowest BCUT2D eigenvalue weighted by atomic mass is 9.99. The van der Waals surface area contributed by atoms with E-state index in [0.717, 1.165) is 56.7 Å². The molecule has 194 valence electrons. The lowest BCUT2D eigenvalue weighted by Crippen LogP contribution is -2.10. The number of anilines is 2. The topological polar surface area (TPSA) is 101 Å². The highest BCUT2D eigenvalue weighted by Crippen LogP contribution is 2.42. The van der Waals surface area contributed by atoms with Crippen molar-refractivity contribution in [2.45, 2.75) is 27.7 Å². The molecule has 0 atom stereocenters. The fourth-order valence-corrected chi connectivity index (χ4v) is 5.41. The van der Waals surface area contributed by atoms with Crippen molar-refractivity contribution in [2.24, 2.45) is 11.8 Å². The monoisotopic (exact) mass is 542 g/mol. The van der Waals surface area contributed by atoms with Crippen molar-refractivity contribution in [2.75, 3.05) is 23.7 Å². The molecule has 0 aliphatic rings. The molecule has 0 fully saturated rings. The van der Waals surface area contributed by atoms with Gasteiger partial charge in [-0.2, -0.15) is 0 Å². The average Bonchev–Trinajstić information content (AvgIpc) is 3.61. The van der Waals surface area contributed by atoms with Crippen LogP contribution in [0.15, 0.2) is 59.8 Å². The highest BCUT2D eigenvalue weighted by atomic mass is 32.1. The Balaban J connectivity index is 1.52. The zero-order valence-corrected chi connectivity index (χ0v) is 23.5. The second-order valence-electron chi connectivity index (χ2n) is 9.69. The maximum atomic E-state index is 4.78. The van der Waals surface area contributed by atoms with Gasteiger partial charge in [-0.25, -0.2) is 29.9 Å². The molecule has 38 heavy (non-hydrogen) atoms. The molecule has 5 rings (SSSR count). The third-order valence-corrected chi connectivity index (χ3v) is 7.38. The number of rotatable bonds is 10. The van der Waals surface area contributed by atoms with Crippen LogP contribution in [0.25, 0.3) is 43.7 Å². The van der Waals surface area contributed by atoms with Gasteiger partial charge in [-0.15, -0.1) is 22.7 Å². The van der Waals surface area contributed by atoms with Gasteiger partial charge in [-0.3, -0.25) is 0 Å². The summed E-state index contributed by atoms with van der Waals surface area (Å²) in [4.78, 5) is 29.9. The maximum absolute atomic E-state index is 4.78. The number of aromatic nitrogens is 6. The van der Waals surface area contributed by atoms with Gasteiger partial charge < -0.3 is 10.6 Å². The minimum absolute atomic E-state index is 0.498. The van der Waals surface area contributed by atoms with Gasteiger partial charge in [-0.05, 0) is 24.0 Å². The summed E-state index contributed by atoms with van der Waals surface area (Å²) in [5, 5.41) is 6.64. The Labute approximate surface area is 230 Å². The molecule has 0 bridgehead atoms. The van der Waals surface area contributed by atoms with E-state index in [0.29, 0.717) is 23.7 Å². The molecule has 4 heterocycles. The first kappa shape index (κ1) is 25.9. The Morgan fingerprint density at radius 1 is 0.632 bits per heavy atom. The first-order chi connectivity index (χ1) is 18.5. The standard InChI is InChI=1S/C28H30N8S2/c1-17(2)13-31-27-29-11-9-21(35-27)25-23(33-15-37-25)19-7-5-6-8-20(19)24-26(38-16-34-24)22-10-12-30-28(36-22)32-14-18(3)4/h5-12,15-18H,13-14H2,1-4H3,(H,29,31,35)(H,30,32,36). The molecular weight excluding hydrogens is 512 g/mol. The second-order valence-corrected chi connectivity index (χ2v) is 11.4. The molecule has 0 saturated heterocycles. The van der Waals surface area contributed by atoms with E-state index in [-0.39, 0.29) is 0 Å². The van der Waals surface area contributed by atoms with Crippen LogP contribution in [0, 0.1) is 11.8 Å². The van der Waals surface area contributed by atoms with Crippen LogP contribution in [0.4, 0.5) is 11.9 Å². The lowest BCUT2D eigenvalue weighted by molar-refractivity contribution is 0.684. The summed E-state index contributed by atoms with van der Waals surface area (Å²) in [6.07, 6.45) is 3.58. The highest BCUT2D eigenvalue weighted by Gasteiger charge is 2.21. The molecular formula is C28H30N8S2. The van der Waals surface area contributed by atoms with Crippen molar-refractivity contribution < 1.29 is 0 Å². The summed E-state index contributed by atoms with van der Waals surface area (Å²) in [5.41, 5.74) is 9.16. The summed E-state index contributed by atoms with van der Waals surface area (Å²) in [7, 11) is 0. The van der Waals surface area contributed by atoms with Gasteiger partial charge in [0, 0.05) is 36.6 Å². The predicted octanol–water partition coefficient (Wildman–Crippen LogP) is 6.98. The van der Waals surface area contributed by atoms with Crippen LogP contribution >= 0.6 is 22.7 Å². The van der Waals surface area contributed by atoms with Gasteiger partial charge in [-0.1, -0.05) is 52.0 Å². The molecule has 0 radical (unpaired) electrons. The van der Waals surface area contributed by atoms with E-state index in [1.807, 2.05) is 35.3 Å². The smallest absolute Gasteiger partial charge is 0.223 e. The van der Waals surface area contributed by atoms with Crippen molar-refractivity contribution >= 4 is 34.6 Å². The van der Waals surface area contributed by atoms with Gasteiger partial charge in [0.1, 0.15) is 0 Å². The largest absolute Gasteiger partial charge is 0.354 e. The van der Waals surface area contributed by atoms with Crippen molar-refractivity contribution in [3.63, 3.8) is 0 Å². The zero-order valence-electron chi connectivity index (χ0n) is 21.8. The van der Waals surface area contributed by atoms with Crippen LogP contribution in [0.2, 0.25) is 0 Å². The molecule has 0 unspecified atom stereocenters. The number of benzene rings is 1. The quantitative estimate of drug-likeness (QED) is 0.195. The molecule has 2 N–H and O–H groups in total. The first-order valence-corrected chi connectivity index (χ1v) is 14.4. The third-order valence-electron chi connectivity index (χ3n) is 5.69. The number of nitrogens with zero attached hydrogens (tertiary/aromatic N) is 6. The van der Waals surface area contributed by atoms with Gasteiger partial charge in [0.25, 0.3) is 0 Å². The second kappa shape index (κ2) is 11.7. The molecule has 10 heteroatoms. The fourth-order valence-electron chi connectivity index (χ4n) is 3.87. The van der Waals surface area contributed by atoms with Crippen molar-refractivity contribution in [3.8, 4) is 43.7 Å². The number of nitrogens with one attached hydrogen (secondary N) is 2. The molecule has 4 aromatic heterocycles. The average molecular weight is 543 g/mol. The molecule has 0 aliphatic heterocycles. The highest BCUT2D eigenvalue weighted by molar-refractivity contribution is 7.14. The molecule has 5 aromatic rings. The van der Waals surface area contributed by atoms with Crippen LogP contribution in [-0.2, 0) is 0 Å². The molecule has 0 amide bonds. The Morgan fingerprint density at radius 2 is 1.08 bits per heavy atom. The van der Waals surface area contributed by atoms with E-state index in [1.54, 1.807) is 35.1 Å².